The van der Waals surface area contributed by atoms with Gasteiger partial charge >= 0.3 is 6.09 Å². The van der Waals surface area contributed by atoms with E-state index in [9.17, 15) is 4.79 Å². The average Bonchev–Trinajstić information content (AvgIpc) is 2.37. The summed E-state index contributed by atoms with van der Waals surface area (Å²) in [5, 5.41) is 0. The second-order valence-electron chi connectivity index (χ2n) is 3.13. The normalized spacial score (nSPS) is 9.65. The van der Waals surface area contributed by atoms with Gasteiger partial charge in [0.1, 0.15) is 6.61 Å². The molecule has 0 unspecified atom stereocenters. The minimum absolute atomic E-state index is 0.237. The van der Waals surface area contributed by atoms with Crippen molar-refractivity contribution >= 4 is 27.9 Å². The summed E-state index contributed by atoms with van der Waals surface area (Å²) in [5.41, 5.74) is 1.30. The van der Waals surface area contributed by atoms with Gasteiger partial charge in [0.05, 0.1) is 0 Å². The van der Waals surface area contributed by atoms with Gasteiger partial charge in [-0.25, -0.2) is 4.79 Å². The first-order valence-corrected chi connectivity index (χ1v) is 7.51. The van der Waals surface area contributed by atoms with Crippen molar-refractivity contribution in [1.29, 1.82) is 0 Å². The maximum absolute atomic E-state index is 11.0. The SMILES string of the molecule is C=CCOC(=O)NSSCCc1ccccc1. The van der Waals surface area contributed by atoms with Crippen LogP contribution in [0.2, 0.25) is 0 Å². The molecule has 1 N–H and O–H groups in total. The molecule has 0 spiro atoms. The largest absolute Gasteiger partial charge is 0.445 e. The van der Waals surface area contributed by atoms with Gasteiger partial charge in [-0.2, -0.15) is 0 Å². The summed E-state index contributed by atoms with van der Waals surface area (Å²) in [6.45, 7) is 3.70. The number of rotatable bonds is 7. The molecule has 0 radical (unpaired) electrons. The molecule has 0 atom stereocenters. The first kappa shape index (κ1) is 14.0. The summed E-state index contributed by atoms with van der Waals surface area (Å²) >= 11 is 0. The number of carbonyl (C=O) groups is 1. The molecule has 1 amide bonds. The van der Waals surface area contributed by atoms with Gasteiger partial charge in [-0.3, -0.25) is 4.72 Å². The highest BCUT2D eigenvalue weighted by Crippen LogP contribution is 2.18. The van der Waals surface area contributed by atoms with Gasteiger partial charge in [-0.15, -0.1) is 0 Å². The van der Waals surface area contributed by atoms with Crippen molar-refractivity contribution in [2.75, 3.05) is 12.4 Å². The summed E-state index contributed by atoms with van der Waals surface area (Å²) in [6.07, 6.45) is 2.09. The molecule has 1 aromatic carbocycles. The fourth-order valence-corrected chi connectivity index (χ4v) is 2.54. The Balaban J connectivity index is 2.01. The molecule has 0 saturated carbocycles. The van der Waals surface area contributed by atoms with Crippen LogP contribution in [0.15, 0.2) is 43.0 Å². The lowest BCUT2D eigenvalue weighted by atomic mass is 10.2. The number of benzene rings is 1. The Bertz CT molecular complexity index is 344. The second kappa shape index (κ2) is 9.01. The van der Waals surface area contributed by atoms with E-state index in [0.29, 0.717) is 0 Å². The molecule has 5 heteroatoms. The Labute approximate surface area is 110 Å². The molecule has 0 saturated heterocycles. The lowest BCUT2D eigenvalue weighted by molar-refractivity contribution is 0.166. The van der Waals surface area contributed by atoms with Crippen molar-refractivity contribution < 1.29 is 9.53 Å². The summed E-state index contributed by atoms with van der Waals surface area (Å²) in [6, 6.07) is 10.2. The van der Waals surface area contributed by atoms with E-state index in [1.165, 1.54) is 22.6 Å². The molecular weight excluding hydrogens is 254 g/mol. The Morgan fingerprint density at radius 3 is 2.88 bits per heavy atom. The van der Waals surface area contributed by atoms with Gasteiger partial charge in [0.2, 0.25) is 0 Å². The molecule has 92 valence electrons. The van der Waals surface area contributed by atoms with Crippen LogP contribution in [0.1, 0.15) is 5.56 Å². The van der Waals surface area contributed by atoms with Gasteiger partial charge in [-0.05, 0) is 12.0 Å². The maximum atomic E-state index is 11.0. The predicted molar refractivity (Wildman–Crippen MR) is 74.9 cm³/mol. The zero-order valence-electron chi connectivity index (χ0n) is 9.43. The summed E-state index contributed by atoms with van der Waals surface area (Å²) in [4.78, 5) is 11.0. The molecule has 17 heavy (non-hydrogen) atoms. The number of hydrogen-bond donors (Lipinski definition) is 1. The first-order chi connectivity index (χ1) is 8.33. The van der Waals surface area contributed by atoms with Crippen molar-refractivity contribution in [1.82, 2.24) is 4.72 Å². The molecule has 0 bridgehead atoms. The Kier molecular flexibility index (Phi) is 7.42. The van der Waals surface area contributed by atoms with E-state index in [2.05, 4.69) is 23.4 Å². The van der Waals surface area contributed by atoms with Crippen molar-refractivity contribution in [3.8, 4) is 0 Å². The van der Waals surface area contributed by atoms with E-state index in [1.807, 2.05) is 18.2 Å². The standard InChI is InChI=1S/C12H15NO2S2/c1-2-9-15-12(14)13-17-16-10-8-11-6-4-3-5-7-11/h2-7H,1,8-10H2,(H,13,14). The minimum atomic E-state index is -0.429. The van der Waals surface area contributed by atoms with Gasteiger partial charge in [0, 0.05) is 16.7 Å². The van der Waals surface area contributed by atoms with Gasteiger partial charge < -0.3 is 4.74 Å². The van der Waals surface area contributed by atoms with Crippen LogP contribution in [-0.4, -0.2) is 18.5 Å². The number of nitrogens with one attached hydrogen (secondary N) is 1. The minimum Gasteiger partial charge on any atom is -0.445 e. The predicted octanol–water partition coefficient (Wildman–Crippen LogP) is 3.44. The van der Waals surface area contributed by atoms with Crippen LogP contribution in [-0.2, 0) is 11.2 Å². The molecule has 0 aliphatic carbocycles. The van der Waals surface area contributed by atoms with Gasteiger partial charge in [-0.1, -0.05) is 53.8 Å². The van der Waals surface area contributed by atoms with Crippen LogP contribution >= 0.6 is 21.8 Å². The Hall–Kier alpha value is -1.07. The van der Waals surface area contributed by atoms with Crippen LogP contribution in [0.25, 0.3) is 0 Å². The maximum Gasteiger partial charge on any atom is 0.418 e. The average molecular weight is 269 g/mol. The fraction of sp³-hybridized carbons (Fsp3) is 0.250. The van der Waals surface area contributed by atoms with Crippen molar-refractivity contribution in [3.05, 3.63) is 48.6 Å². The summed E-state index contributed by atoms with van der Waals surface area (Å²) in [5.74, 6) is 0.941. The van der Waals surface area contributed by atoms with E-state index in [-0.39, 0.29) is 6.61 Å². The lowest BCUT2D eigenvalue weighted by Gasteiger charge is -2.03. The van der Waals surface area contributed by atoms with Crippen molar-refractivity contribution in [2.45, 2.75) is 6.42 Å². The Morgan fingerprint density at radius 2 is 2.18 bits per heavy atom. The molecule has 0 aliphatic rings. The van der Waals surface area contributed by atoms with Crippen molar-refractivity contribution in [2.24, 2.45) is 0 Å². The highest BCUT2D eigenvalue weighted by Gasteiger charge is 2.00. The van der Waals surface area contributed by atoms with E-state index in [1.54, 1.807) is 10.8 Å². The van der Waals surface area contributed by atoms with Crippen molar-refractivity contribution in [3.63, 3.8) is 0 Å². The fourth-order valence-electron chi connectivity index (χ4n) is 1.07. The Morgan fingerprint density at radius 1 is 1.41 bits per heavy atom. The topological polar surface area (TPSA) is 38.3 Å². The molecule has 0 aromatic heterocycles. The number of amides is 1. The van der Waals surface area contributed by atoms with Crippen LogP contribution in [0.5, 0.6) is 0 Å². The quantitative estimate of drug-likeness (QED) is 0.356. The summed E-state index contributed by atoms with van der Waals surface area (Å²) < 4.78 is 7.33. The highest BCUT2D eigenvalue weighted by molar-refractivity contribution is 8.76. The summed E-state index contributed by atoms with van der Waals surface area (Å²) in [7, 11) is 2.88. The first-order valence-electron chi connectivity index (χ1n) is 5.19. The number of carbonyl (C=O) groups excluding carboxylic acids is 1. The zero-order chi connectivity index (χ0) is 12.3. The van der Waals surface area contributed by atoms with E-state index in [4.69, 9.17) is 4.74 Å². The van der Waals surface area contributed by atoms with Crippen LogP contribution < -0.4 is 4.72 Å². The molecule has 1 rings (SSSR count). The third-order valence-electron chi connectivity index (χ3n) is 1.83. The number of hydrogen-bond acceptors (Lipinski definition) is 4. The zero-order valence-corrected chi connectivity index (χ0v) is 11.1. The van der Waals surface area contributed by atoms with Crippen LogP contribution in [0.4, 0.5) is 4.79 Å². The van der Waals surface area contributed by atoms with E-state index >= 15 is 0 Å². The van der Waals surface area contributed by atoms with Gasteiger partial charge in [0.25, 0.3) is 0 Å². The molecule has 0 aliphatic heterocycles. The molecular formula is C12H15NO2S2. The van der Waals surface area contributed by atoms with Crippen LogP contribution in [0.3, 0.4) is 0 Å². The molecule has 0 fully saturated rings. The lowest BCUT2D eigenvalue weighted by Crippen LogP contribution is -2.16. The van der Waals surface area contributed by atoms with Crippen LogP contribution in [0, 0.1) is 0 Å². The monoisotopic (exact) mass is 269 g/mol. The second-order valence-corrected chi connectivity index (χ2v) is 5.35. The smallest absolute Gasteiger partial charge is 0.418 e. The highest BCUT2D eigenvalue weighted by atomic mass is 33.1. The molecule has 3 nitrogen and oxygen atoms in total. The van der Waals surface area contributed by atoms with E-state index in [0.717, 1.165) is 12.2 Å². The third-order valence-corrected chi connectivity index (χ3v) is 3.68. The van der Waals surface area contributed by atoms with Gasteiger partial charge in [0.15, 0.2) is 0 Å². The number of ether oxygens (including phenoxy) is 1. The molecule has 1 aromatic rings. The molecule has 0 heterocycles. The number of aryl methyl sites for hydroxylation is 1. The van der Waals surface area contributed by atoms with E-state index < -0.39 is 6.09 Å². The third kappa shape index (κ3) is 6.97.